The highest BCUT2D eigenvalue weighted by Crippen LogP contribution is 2.20. The lowest BCUT2D eigenvalue weighted by Crippen LogP contribution is -2.28. The van der Waals surface area contributed by atoms with Crippen molar-refractivity contribution in [2.75, 3.05) is 5.32 Å². The number of benzene rings is 1. The monoisotopic (exact) mass is 258 g/mol. The van der Waals surface area contributed by atoms with Crippen LogP contribution in [0.25, 0.3) is 0 Å². The number of carbonyl (C=O) groups is 1. The molecule has 100 valence electrons. The van der Waals surface area contributed by atoms with Crippen molar-refractivity contribution < 1.29 is 4.79 Å². The highest BCUT2D eigenvalue weighted by molar-refractivity contribution is 5.84. The maximum atomic E-state index is 11.6. The first-order valence-corrected chi connectivity index (χ1v) is 6.27. The van der Waals surface area contributed by atoms with Crippen LogP contribution < -0.4 is 11.1 Å². The van der Waals surface area contributed by atoms with Gasteiger partial charge in [0.1, 0.15) is 11.9 Å². The van der Waals surface area contributed by atoms with Gasteiger partial charge in [0.15, 0.2) is 0 Å². The molecule has 19 heavy (non-hydrogen) atoms. The number of nitrogens with one attached hydrogen (secondary N) is 1. The Labute approximate surface area is 112 Å². The fraction of sp³-hybridized carbons (Fsp3) is 0.286. The molecule has 0 aliphatic carbocycles. The van der Waals surface area contributed by atoms with Gasteiger partial charge in [0.25, 0.3) is 0 Å². The second-order valence-corrected chi connectivity index (χ2v) is 4.38. The molecule has 0 spiro atoms. The minimum absolute atomic E-state index is 0.410. The molecule has 5 heteroatoms. The lowest BCUT2D eigenvalue weighted by Gasteiger charge is -2.17. The minimum atomic E-state index is -0.553. The van der Waals surface area contributed by atoms with Crippen LogP contribution in [0.5, 0.6) is 0 Å². The molecule has 2 aromatic rings. The van der Waals surface area contributed by atoms with Crippen LogP contribution in [0.2, 0.25) is 0 Å². The molecule has 0 aliphatic rings. The maximum absolute atomic E-state index is 11.6. The second-order valence-electron chi connectivity index (χ2n) is 4.38. The third kappa shape index (κ3) is 2.93. The summed E-state index contributed by atoms with van der Waals surface area (Å²) in [5, 5.41) is 7.50. The van der Waals surface area contributed by atoms with Gasteiger partial charge in [-0.1, -0.05) is 30.3 Å². The van der Waals surface area contributed by atoms with Crippen LogP contribution in [0.1, 0.15) is 24.2 Å². The summed E-state index contributed by atoms with van der Waals surface area (Å²) in [5.74, 6) is 0.389. The summed E-state index contributed by atoms with van der Waals surface area (Å²) < 4.78 is 1.81. The molecule has 0 aliphatic heterocycles. The van der Waals surface area contributed by atoms with Crippen LogP contribution in [-0.4, -0.2) is 15.7 Å². The summed E-state index contributed by atoms with van der Waals surface area (Å²) in [7, 11) is 0. The van der Waals surface area contributed by atoms with Gasteiger partial charge in [-0.2, -0.15) is 5.10 Å². The summed E-state index contributed by atoms with van der Waals surface area (Å²) >= 11 is 0. The van der Waals surface area contributed by atoms with E-state index in [4.69, 9.17) is 5.73 Å². The van der Waals surface area contributed by atoms with Gasteiger partial charge in [0, 0.05) is 12.6 Å². The molecule has 5 nitrogen and oxygen atoms in total. The van der Waals surface area contributed by atoms with E-state index >= 15 is 0 Å². The lowest BCUT2D eigenvalue weighted by molar-refractivity contribution is -0.118. The highest BCUT2D eigenvalue weighted by Gasteiger charge is 2.19. The van der Waals surface area contributed by atoms with Crippen molar-refractivity contribution in [3.63, 3.8) is 0 Å². The predicted octanol–water partition coefficient (Wildman–Crippen LogP) is 1.85. The molecule has 1 aromatic carbocycles. The zero-order valence-electron chi connectivity index (χ0n) is 11.1. The van der Waals surface area contributed by atoms with Crippen molar-refractivity contribution in [1.82, 2.24) is 9.78 Å². The molecule has 1 atom stereocenters. The molecule has 1 aromatic heterocycles. The van der Waals surface area contributed by atoms with Gasteiger partial charge in [0.2, 0.25) is 5.91 Å². The van der Waals surface area contributed by atoms with E-state index in [2.05, 4.69) is 10.4 Å². The van der Waals surface area contributed by atoms with Crippen LogP contribution in [0.3, 0.4) is 0 Å². The zero-order chi connectivity index (χ0) is 13.8. The zero-order valence-corrected chi connectivity index (χ0v) is 11.1. The Morgan fingerprint density at radius 3 is 2.68 bits per heavy atom. The fourth-order valence-electron chi connectivity index (χ4n) is 2.01. The van der Waals surface area contributed by atoms with Crippen molar-refractivity contribution >= 4 is 11.7 Å². The Bertz CT molecular complexity index is 562. The number of aryl methyl sites for hydroxylation is 2. The van der Waals surface area contributed by atoms with E-state index in [0.717, 1.165) is 23.6 Å². The van der Waals surface area contributed by atoms with Crippen LogP contribution in [0.4, 0.5) is 5.82 Å². The predicted molar refractivity (Wildman–Crippen MR) is 74.6 cm³/mol. The summed E-state index contributed by atoms with van der Waals surface area (Å²) in [6.07, 6.45) is 0. The molecule has 1 amide bonds. The fourth-order valence-corrected chi connectivity index (χ4v) is 2.01. The molecule has 2 rings (SSSR count). The lowest BCUT2D eigenvalue weighted by atomic mass is 10.1. The molecule has 0 fully saturated rings. The molecule has 0 saturated carbocycles. The van der Waals surface area contributed by atoms with Gasteiger partial charge in [0.05, 0.1) is 5.69 Å². The normalized spacial score (nSPS) is 12.1. The molecular weight excluding hydrogens is 240 g/mol. The summed E-state index contributed by atoms with van der Waals surface area (Å²) in [4.78, 5) is 11.6. The van der Waals surface area contributed by atoms with Gasteiger partial charge >= 0.3 is 0 Å². The molecular formula is C14H18N4O. The first kappa shape index (κ1) is 13.1. The number of nitrogens with two attached hydrogens (primary N) is 1. The average Bonchev–Trinajstić information content (AvgIpc) is 2.76. The number of amides is 1. The smallest absolute Gasteiger partial charge is 0.244 e. The number of nitrogens with zero attached hydrogens (tertiary/aromatic N) is 2. The first-order chi connectivity index (χ1) is 9.11. The number of anilines is 1. The van der Waals surface area contributed by atoms with Crippen molar-refractivity contribution in [1.29, 1.82) is 0 Å². The summed E-state index contributed by atoms with van der Waals surface area (Å²) in [5.41, 5.74) is 7.23. The summed E-state index contributed by atoms with van der Waals surface area (Å²) in [6.45, 7) is 4.65. The quantitative estimate of drug-likeness (QED) is 0.859. The summed E-state index contributed by atoms with van der Waals surface area (Å²) in [6, 6.07) is 10.8. The Kier molecular flexibility index (Phi) is 3.85. The second kappa shape index (κ2) is 5.56. The topological polar surface area (TPSA) is 72.9 Å². The number of hydrogen-bond donors (Lipinski definition) is 2. The number of carbonyl (C=O) groups excluding carboxylic acids is 1. The van der Waals surface area contributed by atoms with Gasteiger partial charge < -0.3 is 11.1 Å². The third-order valence-electron chi connectivity index (χ3n) is 2.91. The van der Waals surface area contributed by atoms with E-state index < -0.39 is 11.9 Å². The van der Waals surface area contributed by atoms with Crippen LogP contribution >= 0.6 is 0 Å². The largest absolute Gasteiger partial charge is 0.368 e. The van der Waals surface area contributed by atoms with E-state index in [0.29, 0.717) is 0 Å². The molecule has 0 bridgehead atoms. The SMILES string of the molecule is CCn1nc(C)cc1NC(C(N)=O)c1ccccc1. The Morgan fingerprint density at radius 2 is 2.11 bits per heavy atom. The first-order valence-electron chi connectivity index (χ1n) is 6.27. The van der Waals surface area contributed by atoms with E-state index in [1.54, 1.807) is 0 Å². The molecule has 0 saturated heterocycles. The van der Waals surface area contributed by atoms with Crippen molar-refractivity contribution in [3.05, 3.63) is 47.7 Å². The number of rotatable bonds is 5. The average molecular weight is 258 g/mol. The van der Waals surface area contributed by atoms with Gasteiger partial charge in [-0.3, -0.25) is 4.79 Å². The van der Waals surface area contributed by atoms with E-state index in [1.165, 1.54) is 0 Å². The number of hydrogen-bond acceptors (Lipinski definition) is 3. The van der Waals surface area contributed by atoms with Crippen LogP contribution in [0.15, 0.2) is 36.4 Å². The Hall–Kier alpha value is -2.30. The molecule has 3 N–H and O–H groups in total. The standard InChI is InChI=1S/C14H18N4O/c1-3-18-12(9-10(2)17-18)16-13(14(15)19)11-7-5-4-6-8-11/h4-9,13,16H,3H2,1-2H3,(H2,15,19). The van der Waals surface area contributed by atoms with Crippen LogP contribution in [-0.2, 0) is 11.3 Å². The van der Waals surface area contributed by atoms with Gasteiger partial charge in [-0.15, -0.1) is 0 Å². The number of aromatic nitrogens is 2. The van der Waals surface area contributed by atoms with Crippen molar-refractivity contribution in [3.8, 4) is 0 Å². The van der Waals surface area contributed by atoms with Crippen LogP contribution in [0, 0.1) is 6.92 Å². The third-order valence-corrected chi connectivity index (χ3v) is 2.91. The Morgan fingerprint density at radius 1 is 1.42 bits per heavy atom. The number of primary amides is 1. The van der Waals surface area contributed by atoms with Crippen molar-refractivity contribution in [2.24, 2.45) is 5.73 Å². The molecule has 1 heterocycles. The van der Waals surface area contributed by atoms with E-state index in [1.807, 2.05) is 54.9 Å². The molecule has 0 radical (unpaired) electrons. The van der Waals surface area contributed by atoms with E-state index in [9.17, 15) is 4.79 Å². The highest BCUT2D eigenvalue weighted by atomic mass is 16.1. The van der Waals surface area contributed by atoms with Crippen molar-refractivity contribution in [2.45, 2.75) is 26.4 Å². The van der Waals surface area contributed by atoms with Gasteiger partial charge in [-0.25, -0.2) is 4.68 Å². The molecule has 1 unspecified atom stereocenters. The minimum Gasteiger partial charge on any atom is -0.368 e. The Balaban J connectivity index is 2.29. The van der Waals surface area contributed by atoms with Gasteiger partial charge in [-0.05, 0) is 19.4 Å². The van der Waals surface area contributed by atoms with E-state index in [-0.39, 0.29) is 0 Å². The maximum Gasteiger partial charge on any atom is 0.244 e.